The van der Waals surface area contributed by atoms with Crippen molar-refractivity contribution in [3.05, 3.63) is 108 Å². The van der Waals surface area contributed by atoms with Crippen LogP contribution in [0.15, 0.2) is 91.0 Å². The molecule has 2 amide bonds. The number of rotatable bonds is 9. The molecule has 0 unspecified atom stereocenters. The van der Waals surface area contributed by atoms with Crippen LogP contribution in [0.25, 0.3) is 11.3 Å². The number of ether oxygens (including phenoxy) is 1. The van der Waals surface area contributed by atoms with Gasteiger partial charge in [0.15, 0.2) is 5.82 Å². The highest BCUT2D eigenvalue weighted by molar-refractivity contribution is 5.97. The second-order valence-electron chi connectivity index (χ2n) is 10.2. The summed E-state index contributed by atoms with van der Waals surface area (Å²) in [6.45, 7) is 4.93. The molecule has 0 N–H and O–H groups in total. The number of aryl methyl sites for hydroxylation is 1. The molecule has 3 aromatic carbocycles. The van der Waals surface area contributed by atoms with E-state index < -0.39 is 0 Å². The average molecular weight is 550 g/mol. The van der Waals surface area contributed by atoms with E-state index in [4.69, 9.17) is 4.74 Å². The molecule has 1 saturated heterocycles. The van der Waals surface area contributed by atoms with Crippen LogP contribution in [0.3, 0.4) is 0 Å². The molecular formula is C33H35N5O3. The van der Waals surface area contributed by atoms with Gasteiger partial charge in [0.25, 0.3) is 5.91 Å². The molecular weight excluding hydrogens is 514 g/mol. The van der Waals surface area contributed by atoms with E-state index in [1.54, 1.807) is 36.3 Å². The molecule has 1 fully saturated rings. The molecule has 0 atom stereocenters. The Bertz CT molecular complexity index is 1450. The fraction of sp³-hybridized carbons (Fsp3) is 0.273. The number of hydrogen-bond donors (Lipinski definition) is 0. The summed E-state index contributed by atoms with van der Waals surface area (Å²) in [6.07, 6.45) is 0.662. The van der Waals surface area contributed by atoms with E-state index in [2.05, 4.69) is 34.2 Å². The minimum absolute atomic E-state index is 0.0218. The van der Waals surface area contributed by atoms with Gasteiger partial charge in [-0.05, 0) is 49.2 Å². The third-order valence-electron chi connectivity index (χ3n) is 7.40. The molecule has 41 heavy (non-hydrogen) atoms. The normalized spacial score (nSPS) is 13.1. The molecule has 0 spiro atoms. The lowest BCUT2D eigenvalue weighted by Crippen LogP contribution is -2.52. The summed E-state index contributed by atoms with van der Waals surface area (Å²) in [6, 6.07) is 29.3. The van der Waals surface area contributed by atoms with Crippen molar-refractivity contribution in [2.24, 2.45) is 0 Å². The van der Waals surface area contributed by atoms with Gasteiger partial charge in [0.2, 0.25) is 5.91 Å². The van der Waals surface area contributed by atoms with Crippen LogP contribution >= 0.6 is 0 Å². The van der Waals surface area contributed by atoms with Crippen molar-refractivity contribution < 1.29 is 14.3 Å². The van der Waals surface area contributed by atoms with Gasteiger partial charge in [0, 0.05) is 43.9 Å². The Labute approximate surface area is 241 Å². The lowest BCUT2D eigenvalue weighted by Gasteiger charge is -2.36. The zero-order valence-electron chi connectivity index (χ0n) is 23.6. The topological polar surface area (TPSA) is 78.9 Å². The first kappa shape index (κ1) is 27.8. The molecule has 2 heterocycles. The predicted molar refractivity (Wildman–Crippen MR) is 160 cm³/mol. The van der Waals surface area contributed by atoms with Crippen LogP contribution in [0.4, 0.5) is 5.82 Å². The minimum Gasteiger partial charge on any atom is -0.497 e. The maximum atomic E-state index is 13.5. The van der Waals surface area contributed by atoms with E-state index in [-0.39, 0.29) is 18.4 Å². The fourth-order valence-corrected chi connectivity index (χ4v) is 4.92. The monoisotopic (exact) mass is 549 g/mol. The SMILES string of the molecule is COc1cccc(C(=O)N(CCc2ccccc2)CC(=O)N2CCN(c3ccc(-c4ccc(C)cc4)nn3)CC2)c1. The lowest BCUT2D eigenvalue weighted by atomic mass is 10.1. The van der Waals surface area contributed by atoms with Crippen molar-refractivity contribution in [2.45, 2.75) is 13.3 Å². The summed E-state index contributed by atoms with van der Waals surface area (Å²) < 4.78 is 5.31. The van der Waals surface area contributed by atoms with Crippen LogP contribution in [0, 0.1) is 6.92 Å². The molecule has 8 heteroatoms. The van der Waals surface area contributed by atoms with E-state index in [9.17, 15) is 9.59 Å². The molecule has 4 aromatic rings. The zero-order valence-corrected chi connectivity index (χ0v) is 23.6. The summed E-state index contributed by atoms with van der Waals surface area (Å²) in [5.74, 6) is 1.16. The van der Waals surface area contributed by atoms with E-state index in [0.717, 1.165) is 22.6 Å². The average Bonchev–Trinajstić information content (AvgIpc) is 3.03. The number of carbonyl (C=O) groups is 2. The zero-order chi connectivity index (χ0) is 28.6. The number of anilines is 1. The lowest BCUT2D eigenvalue weighted by molar-refractivity contribution is -0.132. The second kappa shape index (κ2) is 13.1. The standard InChI is InChI=1S/C33H35N5O3/c1-25-11-13-27(14-12-25)30-15-16-31(35-34-30)36-19-21-37(22-20-36)32(39)24-38(18-17-26-7-4-3-5-8-26)33(40)28-9-6-10-29(23-28)41-2/h3-16,23H,17-22,24H2,1-2H3. The maximum Gasteiger partial charge on any atom is 0.254 e. The summed E-state index contributed by atoms with van der Waals surface area (Å²) >= 11 is 0. The third kappa shape index (κ3) is 7.08. The minimum atomic E-state index is -0.184. The van der Waals surface area contributed by atoms with Crippen LogP contribution in [0.2, 0.25) is 0 Å². The summed E-state index contributed by atoms with van der Waals surface area (Å²) in [7, 11) is 1.57. The van der Waals surface area contributed by atoms with Crippen molar-refractivity contribution in [1.82, 2.24) is 20.0 Å². The fourth-order valence-electron chi connectivity index (χ4n) is 4.92. The van der Waals surface area contributed by atoms with E-state index in [1.165, 1.54) is 5.56 Å². The molecule has 5 rings (SSSR count). The van der Waals surface area contributed by atoms with Gasteiger partial charge in [-0.25, -0.2) is 0 Å². The molecule has 8 nitrogen and oxygen atoms in total. The van der Waals surface area contributed by atoms with Crippen molar-refractivity contribution in [1.29, 1.82) is 0 Å². The number of amides is 2. The van der Waals surface area contributed by atoms with Crippen LogP contribution < -0.4 is 9.64 Å². The third-order valence-corrected chi connectivity index (χ3v) is 7.40. The van der Waals surface area contributed by atoms with Gasteiger partial charge in [-0.2, -0.15) is 0 Å². The maximum absolute atomic E-state index is 13.5. The van der Waals surface area contributed by atoms with Crippen LogP contribution in [0.1, 0.15) is 21.5 Å². The Morgan fingerprint density at radius 2 is 1.61 bits per heavy atom. The molecule has 0 aliphatic carbocycles. The van der Waals surface area contributed by atoms with Gasteiger partial charge in [-0.1, -0.05) is 66.2 Å². The van der Waals surface area contributed by atoms with Crippen molar-refractivity contribution in [2.75, 3.05) is 51.3 Å². The largest absolute Gasteiger partial charge is 0.497 e. The quantitative estimate of drug-likeness (QED) is 0.306. The van der Waals surface area contributed by atoms with Gasteiger partial charge in [0.1, 0.15) is 12.3 Å². The predicted octanol–water partition coefficient (Wildman–Crippen LogP) is 4.49. The molecule has 0 radical (unpaired) electrons. The summed E-state index contributed by atoms with van der Waals surface area (Å²) in [4.78, 5) is 32.5. The van der Waals surface area contributed by atoms with Gasteiger partial charge >= 0.3 is 0 Å². The molecule has 1 aliphatic heterocycles. The molecule has 0 bridgehead atoms. The second-order valence-corrected chi connectivity index (χ2v) is 10.2. The Balaban J connectivity index is 1.21. The van der Waals surface area contributed by atoms with Gasteiger partial charge in [-0.15, -0.1) is 10.2 Å². The number of aromatic nitrogens is 2. The van der Waals surface area contributed by atoms with E-state index in [0.29, 0.717) is 50.5 Å². The smallest absolute Gasteiger partial charge is 0.254 e. The first-order valence-electron chi connectivity index (χ1n) is 13.9. The highest BCUT2D eigenvalue weighted by Crippen LogP contribution is 2.20. The molecule has 1 aromatic heterocycles. The van der Waals surface area contributed by atoms with Crippen LogP contribution in [-0.4, -0.2) is 78.2 Å². The summed E-state index contributed by atoms with van der Waals surface area (Å²) in [5, 5.41) is 8.88. The number of hydrogen-bond acceptors (Lipinski definition) is 6. The van der Waals surface area contributed by atoms with Crippen molar-refractivity contribution in [3.63, 3.8) is 0 Å². The van der Waals surface area contributed by atoms with Gasteiger partial charge in [-0.3, -0.25) is 9.59 Å². The molecule has 210 valence electrons. The van der Waals surface area contributed by atoms with E-state index >= 15 is 0 Å². The van der Waals surface area contributed by atoms with E-state index in [1.807, 2.05) is 59.5 Å². The van der Waals surface area contributed by atoms with Crippen LogP contribution in [-0.2, 0) is 11.2 Å². The number of nitrogens with zero attached hydrogens (tertiary/aromatic N) is 5. The number of carbonyl (C=O) groups excluding carboxylic acids is 2. The number of methoxy groups -OCH3 is 1. The Morgan fingerprint density at radius 1 is 0.854 bits per heavy atom. The first-order chi connectivity index (χ1) is 20.0. The highest BCUT2D eigenvalue weighted by Gasteiger charge is 2.26. The van der Waals surface area contributed by atoms with Crippen molar-refractivity contribution >= 4 is 17.6 Å². The Kier molecular flexibility index (Phi) is 8.89. The highest BCUT2D eigenvalue weighted by atomic mass is 16.5. The van der Waals surface area contributed by atoms with Crippen LogP contribution in [0.5, 0.6) is 5.75 Å². The van der Waals surface area contributed by atoms with Crippen molar-refractivity contribution in [3.8, 4) is 17.0 Å². The van der Waals surface area contributed by atoms with Gasteiger partial charge < -0.3 is 19.4 Å². The van der Waals surface area contributed by atoms with Gasteiger partial charge in [0.05, 0.1) is 12.8 Å². The molecule has 1 aliphatic rings. The summed E-state index contributed by atoms with van der Waals surface area (Å²) in [5.41, 5.74) is 4.69. The number of piperazine rings is 1. The Hall–Kier alpha value is -4.72. The number of benzene rings is 3. The first-order valence-corrected chi connectivity index (χ1v) is 13.9. The Morgan fingerprint density at radius 3 is 2.29 bits per heavy atom. The molecule has 0 saturated carbocycles.